The van der Waals surface area contributed by atoms with Crippen molar-refractivity contribution in [3.05, 3.63) is 54.6 Å². The smallest absolute Gasteiger partial charge is 0.321 e. The lowest BCUT2D eigenvalue weighted by molar-refractivity contribution is 0.207. The van der Waals surface area contributed by atoms with E-state index in [2.05, 4.69) is 5.32 Å². The summed E-state index contributed by atoms with van der Waals surface area (Å²) in [4.78, 5) is 13.7. The number of rotatable bonds is 6. The maximum Gasteiger partial charge on any atom is 0.321 e. The second-order valence-corrected chi connectivity index (χ2v) is 4.71. The Morgan fingerprint density at radius 2 is 1.77 bits per heavy atom. The Balaban J connectivity index is 1.82. The van der Waals surface area contributed by atoms with E-state index >= 15 is 0 Å². The van der Waals surface area contributed by atoms with Crippen molar-refractivity contribution in [2.45, 2.75) is 0 Å². The molecule has 2 amide bonds. The van der Waals surface area contributed by atoms with Gasteiger partial charge in [0.1, 0.15) is 18.1 Å². The van der Waals surface area contributed by atoms with Gasteiger partial charge in [0.05, 0.1) is 19.3 Å². The molecule has 0 atom stereocenters. The molecule has 2 aromatic carbocycles. The standard InChI is InChI=1S/C17H20N2O3/c1-19(12-13-22-14-8-4-3-5-9-14)17(20)18-15-10-6-7-11-16(15)21-2/h3-11H,12-13H2,1-2H3,(H,18,20). The lowest BCUT2D eigenvalue weighted by Gasteiger charge is -2.19. The summed E-state index contributed by atoms with van der Waals surface area (Å²) in [5.41, 5.74) is 0.644. The summed E-state index contributed by atoms with van der Waals surface area (Å²) in [5, 5.41) is 2.82. The van der Waals surface area contributed by atoms with Gasteiger partial charge in [-0.2, -0.15) is 0 Å². The fourth-order valence-electron chi connectivity index (χ4n) is 1.88. The third kappa shape index (κ3) is 4.41. The molecule has 5 heteroatoms. The van der Waals surface area contributed by atoms with Crippen LogP contribution in [0.15, 0.2) is 54.6 Å². The Morgan fingerprint density at radius 1 is 1.09 bits per heavy atom. The molecule has 0 fully saturated rings. The zero-order valence-corrected chi connectivity index (χ0v) is 12.8. The second kappa shape index (κ2) is 7.93. The monoisotopic (exact) mass is 300 g/mol. The number of benzene rings is 2. The van der Waals surface area contributed by atoms with Crippen LogP contribution in [0.3, 0.4) is 0 Å². The number of para-hydroxylation sites is 3. The van der Waals surface area contributed by atoms with Gasteiger partial charge in [-0.15, -0.1) is 0 Å². The van der Waals surface area contributed by atoms with Gasteiger partial charge in [0.25, 0.3) is 0 Å². The number of hydrogen-bond acceptors (Lipinski definition) is 3. The molecule has 0 spiro atoms. The van der Waals surface area contributed by atoms with Crippen LogP contribution in [0.25, 0.3) is 0 Å². The number of anilines is 1. The minimum absolute atomic E-state index is 0.207. The summed E-state index contributed by atoms with van der Waals surface area (Å²) >= 11 is 0. The van der Waals surface area contributed by atoms with E-state index in [0.717, 1.165) is 5.75 Å². The average molecular weight is 300 g/mol. The van der Waals surface area contributed by atoms with Crippen LogP contribution in [0.2, 0.25) is 0 Å². The lowest BCUT2D eigenvalue weighted by Crippen LogP contribution is -2.34. The molecule has 0 heterocycles. The number of urea groups is 1. The molecule has 0 radical (unpaired) electrons. The number of likely N-dealkylation sites (N-methyl/N-ethyl adjacent to an activating group) is 1. The summed E-state index contributed by atoms with van der Waals surface area (Å²) in [7, 11) is 3.29. The summed E-state index contributed by atoms with van der Waals surface area (Å²) < 4.78 is 10.8. The molecule has 1 N–H and O–H groups in total. The molecule has 0 aliphatic heterocycles. The van der Waals surface area contributed by atoms with Gasteiger partial charge in [-0.05, 0) is 24.3 Å². The minimum Gasteiger partial charge on any atom is -0.495 e. The highest BCUT2D eigenvalue weighted by Gasteiger charge is 2.11. The Bertz CT molecular complexity index is 602. The summed E-state index contributed by atoms with van der Waals surface area (Å²) in [6.07, 6.45) is 0. The number of amides is 2. The first kappa shape index (κ1) is 15.7. The van der Waals surface area contributed by atoms with Crippen molar-refractivity contribution < 1.29 is 14.3 Å². The summed E-state index contributed by atoms with van der Waals surface area (Å²) in [6.45, 7) is 0.912. The van der Waals surface area contributed by atoms with Gasteiger partial charge in [0, 0.05) is 7.05 Å². The molecule has 0 aliphatic rings. The van der Waals surface area contributed by atoms with E-state index in [-0.39, 0.29) is 6.03 Å². The lowest BCUT2D eigenvalue weighted by atomic mass is 10.3. The topological polar surface area (TPSA) is 50.8 Å². The SMILES string of the molecule is COc1ccccc1NC(=O)N(C)CCOc1ccccc1. The maximum atomic E-state index is 12.1. The Hall–Kier alpha value is -2.69. The van der Waals surface area contributed by atoms with E-state index in [9.17, 15) is 4.79 Å². The van der Waals surface area contributed by atoms with Gasteiger partial charge in [-0.25, -0.2) is 4.79 Å². The van der Waals surface area contributed by atoms with Crippen molar-refractivity contribution >= 4 is 11.7 Å². The number of carbonyl (C=O) groups is 1. The second-order valence-electron chi connectivity index (χ2n) is 4.71. The van der Waals surface area contributed by atoms with Gasteiger partial charge >= 0.3 is 6.03 Å². The van der Waals surface area contributed by atoms with Crippen molar-refractivity contribution in [1.29, 1.82) is 0 Å². The van der Waals surface area contributed by atoms with E-state index < -0.39 is 0 Å². The van der Waals surface area contributed by atoms with Crippen molar-refractivity contribution in [2.75, 3.05) is 32.6 Å². The highest BCUT2D eigenvalue weighted by Crippen LogP contribution is 2.23. The van der Waals surface area contributed by atoms with Gasteiger partial charge in [-0.3, -0.25) is 0 Å². The van der Waals surface area contributed by atoms with E-state index in [1.54, 1.807) is 31.2 Å². The third-order valence-electron chi connectivity index (χ3n) is 3.13. The zero-order chi connectivity index (χ0) is 15.8. The van der Waals surface area contributed by atoms with E-state index in [4.69, 9.17) is 9.47 Å². The van der Waals surface area contributed by atoms with Crippen LogP contribution in [-0.2, 0) is 0 Å². The van der Waals surface area contributed by atoms with E-state index in [1.165, 1.54) is 0 Å². The molecule has 22 heavy (non-hydrogen) atoms. The zero-order valence-electron chi connectivity index (χ0n) is 12.8. The summed E-state index contributed by atoms with van der Waals surface area (Å²) in [6, 6.07) is 16.6. The summed E-state index contributed by atoms with van der Waals surface area (Å²) in [5.74, 6) is 1.42. The molecule has 116 valence electrons. The first-order valence-corrected chi connectivity index (χ1v) is 7.03. The minimum atomic E-state index is -0.207. The molecule has 0 unspecified atom stereocenters. The van der Waals surface area contributed by atoms with Crippen LogP contribution in [0, 0.1) is 0 Å². The number of nitrogens with zero attached hydrogens (tertiary/aromatic N) is 1. The maximum absolute atomic E-state index is 12.1. The predicted molar refractivity (Wildman–Crippen MR) is 86.6 cm³/mol. The van der Waals surface area contributed by atoms with Crippen molar-refractivity contribution in [2.24, 2.45) is 0 Å². The van der Waals surface area contributed by atoms with Gasteiger partial charge in [0.2, 0.25) is 0 Å². The Morgan fingerprint density at radius 3 is 2.50 bits per heavy atom. The van der Waals surface area contributed by atoms with Crippen LogP contribution in [0.5, 0.6) is 11.5 Å². The number of nitrogens with one attached hydrogen (secondary N) is 1. The fourth-order valence-corrected chi connectivity index (χ4v) is 1.88. The fraction of sp³-hybridized carbons (Fsp3) is 0.235. The third-order valence-corrected chi connectivity index (χ3v) is 3.13. The Labute approximate surface area is 130 Å². The molecule has 2 rings (SSSR count). The normalized spacial score (nSPS) is 9.91. The molecule has 0 saturated carbocycles. The molecule has 2 aromatic rings. The number of methoxy groups -OCH3 is 1. The van der Waals surface area contributed by atoms with E-state index in [0.29, 0.717) is 24.6 Å². The first-order chi connectivity index (χ1) is 10.7. The van der Waals surface area contributed by atoms with Crippen LogP contribution in [-0.4, -0.2) is 38.2 Å². The first-order valence-electron chi connectivity index (χ1n) is 7.03. The molecule has 0 bridgehead atoms. The van der Waals surface area contributed by atoms with Gasteiger partial charge in [-0.1, -0.05) is 30.3 Å². The molecule has 5 nitrogen and oxygen atoms in total. The number of hydrogen-bond donors (Lipinski definition) is 1. The largest absolute Gasteiger partial charge is 0.495 e. The van der Waals surface area contributed by atoms with Crippen LogP contribution >= 0.6 is 0 Å². The highest BCUT2D eigenvalue weighted by molar-refractivity contribution is 5.90. The van der Waals surface area contributed by atoms with Crippen molar-refractivity contribution in [1.82, 2.24) is 4.90 Å². The molecule has 0 saturated heterocycles. The van der Waals surface area contributed by atoms with Crippen LogP contribution in [0.4, 0.5) is 10.5 Å². The molecular weight excluding hydrogens is 280 g/mol. The predicted octanol–water partition coefficient (Wildman–Crippen LogP) is 3.24. The molecule has 0 aromatic heterocycles. The van der Waals surface area contributed by atoms with Gasteiger partial charge in [0.15, 0.2) is 0 Å². The van der Waals surface area contributed by atoms with Crippen LogP contribution < -0.4 is 14.8 Å². The van der Waals surface area contributed by atoms with Gasteiger partial charge < -0.3 is 19.7 Å². The van der Waals surface area contributed by atoms with Crippen molar-refractivity contribution in [3.8, 4) is 11.5 Å². The highest BCUT2D eigenvalue weighted by atomic mass is 16.5. The number of ether oxygens (including phenoxy) is 2. The average Bonchev–Trinajstić information content (AvgIpc) is 2.56. The number of carbonyl (C=O) groups excluding carboxylic acids is 1. The van der Waals surface area contributed by atoms with Crippen LogP contribution in [0.1, 0.15) is 0 Å². The molecule has 0 aliphatic carbocycles. The van der Waals surface area contributed by atoms with Crippen molar-refractivity contribution in [3.63, 3.8) is 0 Å². The molecular formula is C17H20N2O3. The van der Waals surface area contributed by atoms with E-state index in [1.807, 2.05) is 42.5 Å². The quantitative estimate of drug-likeness (QED) is 0.891. The Kier molecular flexibility index (Phi) is 5.65.